The number of hydrogen-bond acceptors (Lipinski definition) is 9. The Morgan fingerprint density at radius 3 is 2.24 bits per heavy atom. The maximum Gasteiger partial charge on any atom is 0.256 e. The number of hydrogen-bond donors (Lipinski definition) is 1. The highest BCUT2D eigenvalue weighted by atomic mass is 16.3. The molecule has 4 aliphatic rings. The number of phenolic OH excluding ortho intramolecular Hbond substituents is 1. The van der Waals surface area contributed by atoms with E-state index >= 15 is 0 Å². The van der Waals surface area contributed by atoms with Crippen LogP contribution in [0.1, 0.15) is 63.1 Å². The first kappa shape index (κ1) is 46.3. The third-order valence-corrected chi connectivity index (χ3v) is 14.4. The molecule has 5 aromatic rings. The Hall–Kier alpha value is -6.77. The molecule has 354 valence electrons. The number of ketones is 1. The molecule has 0 spiro atoms. The lowest BCUT2D eigenvalue weighted by molar-refractivity contribution is -0.205. The minimum absolute atomic E-state index is 0.0663. The molecule has 68 heavy (non-hydrogen) atoms. The normalized spacial score (nSPS) is 19.7. The number of likely N-dealkylation sites (N-methyl/N-ethyl adjacent to an activating group) is 1. The van der Waals surface area contributed by atoms with Crippen molar-refractivity contribution in [3.8, 4) is 5.75 Å². The van der Waals surface area contributed by atoms with Gasteiger partial charge in [0.15, 0.2) is 5.78 Å². The molecule has 14 heteroatoms. The zero-order valence-corrected chi connectivity index (χ0v) is 39.2. The van der Waals surface area contributed by atoms with Crippen LogP contribution in [0.4, 0.5) is 5.69 Å². The van der Waals surface area contributed by atoms with Crippen LogP contribution in [0.25, 0.3) is 10.9 Å². The topological polar surface area (TPSA) is 133 Å². The van der Waals surface area contributed by atoms with Gasteiger partial charge in [0.25, 0.3) is 5.91 Å². The van der Waals surface area contributed by atoms with Crippen LogP contribution in [0, 0.1) is 5.92 Å². The minimum atomic E-state index is -0.920. The summed E-state index contributed by atoms with van der Waals surface area (Å²) < 4.78 is 1.95. The van der Waals surface area contributed by atoms with Crippen LogP contribution in [-0.4, -0.2) is 147 Å². The van der Waals surface area contributed by atoms with Gasteiger partial charge in [-0.2, -0.15) is 0 Å². The van der Waals surface area contributed by atoms with Crippen LogP contribution in [0.2, 0.25) is 0 Å². The van der Waals surface area contributed by atoms with E-state index in [0.717, 1.165) is 77.9 Å². The molecule has 4 fully saturated rings. The van der Waals surface area contributed by atoms with Crippen LogP contribution in [0.5, 0.6) is 5.75 Å². The lowest BCUT2D eigenvalue weighted by Gasteiger charge is -2.55. The number of piperazine rings is 2. The average molecular weight is 919 g/mol. The number of aromatic nitrogens is 1. The number of anilines is 1. The number of carbonyl (C=O) groups is 5. The number of rotatable bonds is 14. The Morgan fingerprint density at radius 1 is 0.809 bits per heavy atom. The summed E-state index contributed by atoms with van der Waals surface area (Å²) in [6, 6.07) is 29.4. The van der Waals surface area contributed by atoms with Gasteiger partial charge < -0.3 is 34.2 Å². The van der Waals surface area contributed by atoms with E-state index in [2.05, 4.69) is 35.6 Å². The van der Waals surface area contributed by atoms with Gasteiger partial charge in [0.1, 0.15) is 18.0 Å². The molecule has 9 rings (SSSR count). The lowest BCUT2D eigenvalue weighted by Crippen LogP contribution is -2.75. The second-order valence-electron chi connectivity index (χ2n) is 18.9. The number of benzene rings is 4. The van der Waals surface area contributed by atoms with Crippen LogP contribution in [-0.2, 0) is 40.8 Å². The molecule has 0 radical (unpaired) electrons. The fraction of sp³-hybridized carbons (Fsp3) is 0.389. The summed E-state index contributed by atoms with van der Waals surface area (Å²) >= 11 is 0. The Labute approximate surface area is 398 Å². The quantitative estimate of drug-likeness (QED) is 0.109. The van der Waals surface area contributed by atoms with Crippen molar-refractivity contribution in [1.82, 2.24) is 34.2 Å². The van der Waals surface area contributed by atoms with Crippen molar-refractivity contribution in [2.45, 2.75) is 57.3 Å². The zero-order chi connectivity index (χ0) is 47.5. The molecule has 4 amide bonds. The molecular weight excluding hydrogens is 857 g/mol. The molecule has 5 heterocycles. The standard InChI is InChI=1S/C54H62N8O6/c1-4-25-60-37-51(66)61-47(32-39-13-20-44(63)21-14-39)54(68)59(36-49(61)62(60)50(65)22-15-38-9-6-5-7-10-38)34-42-11-8-12-45-46(35-56(3)52(42)45)53(67)58-26-23-40(24-27-58)33-48(64)41-16-18-43(19-17-41)57-30-28-55(2)29-31-57/h4-14,16-21,35,40,47,49,63H,1,15,22-34,36-37H2,2-3H3/t47-,49-/m0/s1. The number of amides is 4. The largest absolute Gasteiger partial charge is 0.508 e. The number of nitrogens with zero attached hydrogens (tertiary/aromatic N) is 8. The number of fused-ring (bicyclic) bond motifs is 2. The summed E-state index contributed by atoms with van der Waals surface area (Å²) in [6.07, 6.45) is 5.60. The highest BCUT2D eigenvalue weighted by molar-refractivity contribution is 6.08. The smallest absolute Gasteiger partial charge is 0.256 e. The number of Topliss-reactive ketones (excluding diaryl/α,β-unsaturated/α-hetero) is 1. The molecule has 0 aliphatic carbocycles. The fourth-order valence-electron chi connectivity index (χ4n) is 10.6. The Kier molecular flexibility index (Phi) is 13.8. The number of likely N-dealkylation sites (tertiary alicyclic amines) is 1. The predicted molar refractivity (Wildman–Crippen MR) is 262 cm³/mol. The molecule has 0 saturated carbocycles. The highest BCUT2D eigenvalue weighted by Crippen LogP contribution is 2.33. The van der Waals surface area contributed by atoms with E-state index in [1.54, 1.807) is 50.2 Å². The fourth-order valence-corrected chi connectivity index (χ4v) is 10.6. The third kappa shape index (κ3) is 9.79. The molecule has 14 nitrogen and oxygen atoms in total. The molecule has 4 saturated heterocycles. The monoisotopic (exact) mass is 918 g/mol. The van der Waals surface area contributed by atoms with Crippen LogP contribution < -0.4 is 4.90 Å². The number of hydrazine groups is 1. The van der Waals surface area contributed by atoms with E-state index in [1.807, 2.05) is 83.4 Å². The van der Waals surface area contributed by atoms with Crippen molar-refractivity contribution in [3.63, 3.8) is 0 Å². The van der Waals surface area contributed by atoms with Gasteiger partial charge in [-0.1, -0.05) is 66.7 Å². The highest BCUT2D eigenvalue weighted by Gasteiger charge is 2.51. The van der Waals surface area contributed by atoms with Crippen molar-refractivity contribution in [1.29, 1.82) is 0 Å². The molecule has 1 aromatic heterocycles. The number of aromatic hydroxyl groups is 1. The van der Waals surface area contributed by atoms with Crippen molar-refractivity contribution >= 4 is 46.0 Å². The Bertz CT molecular complexity index is 2650. The summed E-state index contributed by atoms with van der Waals surface area (Å²) in [5.74, 6) is -0.305. The first-order valence-corrected chi connectivity index (χ1v) is 24.0. The molecule has 2 atom stereocenters. The predicted octanol–water partition coefficient (Wildman–Crippen LogP) is 5.75. The number of para-hydroxylation sites is 1. The molecule has 0 bridgehead atoms. The second-order valence-corrected chi connectivity index (χ2v) is 18.9. The van der Waals surface area contributed by atoms with Gasteiger partial charge in [-0.3, -0.25) is 24.0 Å². The lowest BCUT2D eigenvalue weighted by atomic mass is 9.89. The van der Waals surface area contributed by atoms with Crippen molar-refractivity contribution in [3.05, 3.63) is 144 Å². The average Bonchev–Trinajstić information content (AvgIpc) is 3.70. The van der Waals surface area contributed by atoms with Gasteiger partial charge in [-0.05, 0) is 85.3 Å². The summed E-state index contributed by atoms with van der Waals surface area (Å²) in [5.41, 5.74) is 5.90. The van der Waals surface area contributed by atoms with E-state index in [0.29, 0.717) is 31.5 Å². The Balaban J connectivity index is 0.918. The maximum absolute atomic E-state index is 14.9. The molecular formula is C54H62N8O6. The SMILES string of the molecule is C=CCN1CC(=O)N2[C@@H](Cc3ccc(O)cc3)C(=O)N(Cc3cccc4c(C(=O)N5CCC(CC(=O)c6ccc(N7CCN(C)CC7)cc6)CC5)cn(C)c34)C[C@@H]2N1C(=O)CCc1ccccc1. The van der Waals surface area contributed by atoms with Gasteiger partial charge in [0, 0.05) is 102 Å². The molecule has 1 N–H and O–H groups in total. The summed E-state index contributed by atoms with van der Waals surface area (Å²) in [5, 5.41) is 14.2. The van der Waals surface area contributed by atoms with Gasteiger partial charge >= 0.3 is 0 Å². The van der Waals surface area contributed by atoms with Gasteiger partial charge in [-0.15, -0.1) is 6.58 Å². The molecule has 4 aliphatic heterocycles. The van der Waals surface area contributed by atoms with Crippen molar-refractivity contribution in [2.24, 2.45) is 13.0 Å². The number of phenols is 1. The summed E-state index contributed by atoms with van der Waals surface area (Å²) in [7, 11) is 4.05. The van der Waals surface area contributed by atoms with E-state index in [-0.39, 0.29) is 80.1 Å². The van der Waals surface area contributed by atoms with Gasteiger partial charge in [0.05, 0.1) is 24.2 Å². The van der Waals surface area contributed by atoms with Crippen molar-refractivity contribution < 1.29 is 29.1 Å². The third-order valence-electron chi connectivity index (χ3n) is 14.4. The molecule has 4 aromatic carbocycles. The van der Waals surface area contributed by atoms with E-state index in [9.17, 15) is 29.1 Å². The number of carbonyl (C=O) groups excluding carboxylic acids is 5. The number of aryl methyl sites for hydroxylation is 2. The van der Waals surface area contributed by atoms with Gasteiger partial charge in [0.2, 0.25) is 17.7 Å². The second kappa shape index (κ2) is 20.2. The molecule has 0 unspecified atom stereocenters. The first-order chi connectivity index (χ1) is 32.9. The van der Waals surface area contributed by atoms with Crippen LogP contribution >= 0.6 is 0 Å². The van der Waals surface area contributed by atoms with Crippen molar-refractivity contribution in [2.75, 3.05) is 70.9 Å². The van der Waals surface area contributed by atoms with E-state index in [4.69, 9.17) is 0 Å². The van der Waals surface area contributed by atoms with E-state index < -0.39 is 12.2 Å². The summed E-state index contributed by atoms with van der Waals surface area (Å²) in [4.78, 5) is 81.1. The Morgan fingerprint density at radius 2 is 1.53 bits per heavy atom. The van der Waals surface area contributed by atoms with Gasteiger partial charge in [-0.25, -0.2) is 10.0 Å². The first-order valence-electron chi connectivity index (χ1n) is 24.0. The zero-order valence-electron chi connectivity index (χ0n) is 39.2. The number of piperidine rings is 1. The van der Waals surface area contributed by atoms with Crippen LogP contribution in [0.15, 0.2) is 116 Å². The minimum Gasteiger partial charge on any atom is -0.508 e. The maximum atomic E-state index is 14.9. The van der Waals surface area contributed by atoms with Crippen LogP contribution in [0.3, 0.4) is 0 Å². The summed E-state index contributed by atoms with van der Waals surface area (Å²) in [6.45, 7) is 9.47. The van der Waals surface area contributed by atoms with E-state index in [1.165, 1.54) is 0 Å².